The lowest BCUT2D eigenvalue weighted by molar-refractivity contribution is -0.0498. The molecule has 8 heteroatoms. The fourth-order valence-corrected chi connectivity index (χ4v) is 1.88. The molecule has 21 heavy (non-hydrogen) atoms. The van der Waals surface area contributed by atoms with Gasteiger partial charge in [-0.25, -0.2) is 4.98 Å². The molecule has 2 rings (SSSR count). The average Bonchev–Trinajstić information content (AvgIpc) is 2.43. The smallest absolute Gasteiger partial charge is 0.387 e. The Morgan fingerprint density at radius 3 is 2.62 bits per heavy atom. The van der Waals surface area contributed by atoms with Crippen molar-refractivity contribution < 1.29 is 18.3 Å². The summed E-state index contributed by atoms with van der Waals surface area (Å²) in [5.41, 5.74) is 6.25. The van der Waals surface area contributed by atoms with Crippen LogP contribution in [0.5, 0.6) is 5.75 Å². The van der Waals surface area contributed by atoms with Crippen molar-refractivity contribution in [3.05, 3.63) is 46.6 Å². The largest absolute Gasteiger partial charge is 0.435 e. The van der Waals surface area contributed by atoms with Crippen LogP contribution in [0.4, 0.5) is 20.3 Å². The topological polar surface area (TPSA) is 77.2 Å². The molecule has 0 spiro atoms. The first-order valence-corrected chi connectivity index (χ1v) is 6.52. The van der Waals surface area contributed by atoms with Crippen molar-refractivity contribution in [3.8, 4) is 5.75 Å². The van der Waals surface area contributed by atoms with Gasteiger partial charge in [-0.05, 0) is 46.3 Å². The number of rotatable bonds is 4. The molecule has 1 aromatic carbocycles. The molecule has 0 fully saturated rings. The van der Waals surface area contributed by atoms with Crippen LogP contribution >= 0.6 is 15.9 Å². The summed E-state index contributed by atoms with van der Waals surface area (Å²) >= 11 is 3.20. The molecule has 0 aliphatic heterocycles. The zero-order valence-corrected chi connectivity index (χ0v) is 12.1. The highest BCUT2D eigenvalue weighted by molar-refractivity contribution is 9.10. The van der Waals surface area contributed by atoms with Crippen LogP contribution in [-0.4, -0.2) is 17.5 Å². The number of nitrogens with two attached hydrogens (primary N) is 1. The molecular weight excluding hydrogens is 348 g/mol. The number of amides is 1. The molecule has 0 aliphatic carbocycles. The fraction of sp³-hybridized carbons (Fsp3) is 0.0769. The molecule has 0 bridgehead atoms. The Hall–Kier alpha value is -2.22. The summed E-state index contributed by atoms with van der Waals surface area (Å²) in [5.74, 6) is -0.358. The Labute approximate surface area is 127 Å². The monoisotopic (exact) mass is 357 g/mol. The predicted octanol–water partition coefficient (Wildman–Crippen LogP) is 3.28. The predicted molar refractivity (Wildman–Crippen MR) is 77.4 cm³/mol. The van der Waals surface area contributed by atoms with Gasteiger partial charge in [-0.3, -0.25) is 4.79 Å². The lowest BCUT2D eigenvalue weighted by Crippen LogP contribution is -2.14. The van der Waals surface area contributed by atoms with Crippen molar-refractivity contribution in [2.24, 2.45) is 0 Å². The van der Waals surface area contributed by atoms with E-state index in [-0.39, 0.29) is 17.1 Å². The van der Waals surface area contributed by atoms with E-state index in [0.717, 1.165) is 0 Å². The first-order chi connectivity index (χ1) is 9.95. The summed E-state index contributed by atoms with van der Waals surface area (Å²) in [5, 5.41) is 2.58. The molecule has 1 amide bonds. The average molecular weight is 358 g/mol. The van der Waals surface area contributed by atoms with Gasteiger partial charge in [0.2, 0.25) is 0 Å². The third kappa shape index (κ3) is 4.12. The second-order valence-electron chi connectivity index (χ2n) is 3.94. The molecule has 0 aliphatic rings. The fourth-order valence-electron chi connectivity index (χ4n) is 1.55. The lowest BCUT2D eigenvalue weighted by atomic mass is 10.2. The molecule has 0 unspecified atom stereocenters. The molecule has 0 atom stereocenters. The van der Waals surface area contributed by atoms with Crippen molar-refractivity contribution in [2.75, 3.05) is 11.1 Å². The zero-order valence-electron chi connectivity index (χ0n) is 10.5. The zero-order chi connectivity index (χ0) is 15.4. The molecular formula is C13H10BrF2N3O2. The Morgan fingerprint density at radius 2 is 2.00 bits per heavy atom. The number of hydrogen-bond donors (Lipinski definition) is 2. The number of nitrogens with one attached hydrogen (secondary N) is 1. The van der Waals surface area contributed by atoms with Crippen LogP contribution < -0.4 is 15.8 Å². The number of carbonyl (C=O) groups excluding carboxylic acids is 1. The summed E-state index contributed by atoms with van der Waals surface area (Å²) in [4.78, 5) is 15.9. The molecule has 0 radical (unpaired) electrons. The third-order valence-electron chi connectivity index (χ3n) is 2.47. The van der Waals surface area contributed by atoms with Gasteiger partial charge < -0.3 is 15.8 Å². The number of anilines is 2. The van der Waals surface area contributed by atoms with Crippen LogP contribution in [0.3, 0.4) is 0 Å². The van der Waals surface area contributed by atoms with E-state index < -0.39 is 12.5 Å². The van der Waals surface area contributed by atoms with E-state index in [0.29, 0.717) is 10.2 Å². The minimum Gasteiger partial charge on any atom is -0.435 e. The van der Waals surface area contributed by atoms with Crippen LogP contribution in [0, 0.1) is 0 Å². The van der Waals surface area contributed by atoms with Crippen LogP contribution in [0.1, 0.15) is 10.4 Å². The lowest BCUT2D eigenvalue weighted by Gasteiger charge is -2.09. The van der Waals surface area contributed by atoms with E-state index in [9.17, 15) is 13.6 Å². The molecule has 0 saturated heterocycles. The molecule has 110 valence electrons. The SMILES string of the molecule is Nc1ncc(Br)cc1C(=O)Nc1ccc(OC(F)F)cc1. The van der Waals surface area contributed by atoms with Gasteiger partial charge >= 0.3 is 6.61 Å². The second-order valence-corrected chi connectivity index (χ2v) is 4.86. The summed E-state index contributed by atoms with van der Waals surface area (Å²) < 4.78 is 28.9. The first kappa shape index (κ1) is 15.2. The molecule has 0 saturated carbocycles. The van der Waals surface area contributed by atoms with Crippen LogP contribution in [0.2, 0.25) is 0 Å². The number of pyridine rings is 1. The minimum atomic E-state index is -2.89. The quantitative estimate of drug-likeness (QED) is 0.880. The highest BCUT2D eigenvalue weighted by atomic mass is 79.9. The maximum absolute atomic E-state index is 12.0. The van der Waals surface area contributed by atoms with E-state index in [4.69, 9.17) is 5.73 Å². The molecule has 1 aromatic heterocycles. The highest BCUT2D eigenvalue weighted by Crippen LogP contribution is 2.20. The number of nitrogens with zero attached hydrogens (tertiary/aromatic N) is 1. The van der Waals surface area contributed by atoms with Crippen LogP contribution in [0.25, 0.3) is 0 Å². The number of ether oxygens (including phenoxy) is 1. The summed E-state index contributed by atoms with van der Waals surface area (Å²) in [7, 11) is 0. The number of halogens is 3. The van der Waals surface area contributed by atoms with Gasteiger partial charge in [0.05, 0.1) is 5.56 Å². The highest BCUT2D eigenvalue weighted by Gasteiger charge is 2.12. The summed E-state index contributed by atoms with van der Waals surface area (Å²) in [6.45, 7) is -2.89. The van der Waals surface area contributed by atoms with Gasteiger partial charge in [-0.1, -0.05) is 0 Å². The number of hydrogen-bond acceptors (Lipinski definition) is 4. The minimum absolute atomic E-state index is 0.00614. The maximum Gasteiger partial charge on any atom is 0.387 e. The summed E-state index contributed by atoms with van der Waals surface area (Å²) in [6, 6.07) is 7.06. The number of benzene rings is 1. The number of carbonyl (C=O) groups is 1. The van der Waals surface area contributed by atoms with Crippen LogP contribution in [-0.2, 0) is 0 Å². The van der Waals surface area contributed by atoms with E-state index in [1.807, 2.05) is 0 Å². The number of aromatic nitrogens is 1. The number of alkyl halides is 2. The third-order valence-corrected chi connectivity index (χ3v) is 2.90. The van der Waals surface area contributed by atoms with Crippen molar-refractivity contribution in [2.45, 2.75) is 6.61 Å². The van der Waals surface area contributed by atoms with Crippen molar-refractivity contribution >= 4 is 33.3 Å². The van der Waals surface area contributed by atoms with Gasteiger partial charge in [-0.2, -0.15) is 8.78 Å². The standard InChI is InChI=1S/C13H10BrF2N3O2/c14-7-5-10(11(17)18-6-7)12(20)19-8-1-3-9(4-2-8)21-13(15)16/h1-6,13H,(H2,17,18)(H,19,20). The Bertz CT molecular complexity index is 650. The van der Waals surface area contributed by atoms with Crippen molar-refractivity contribution in [3.63, 3.8) is 0 Å². The molecule has 1 heterocycles. The normalized spacial score (nSPS) is 10.5. The van der Waals surface area contributed by atoms with Gasteiger partial charge in [0.15, 0.2) is 0 Å². The van der Waals surface area contributed by atoms with Crippen molar-refractivity contribution in [1.29, 1.82) is 0 Å². The van der Waals surface area contributed by atoms with E-state index in [1.165, 1.54) is 36.5 Å². The van der Waals surface area contributed by atoms with E-state index in [1.54, 1.807) is 0 Å². The number of nitrogen functional groups attached to an aromatic ring is 1. The van der Waals surface area contributed by atoms with Gasteiger partial charge in [0.1, 0.15) is 11.6 Å². The molecule has 3 N–H and O–H groups in total. The van der Waals surface area contributed by atoms with Crippen LogP contribution in [0.15, 0.2) is 41.0 Å². The second kappa shape index (κ2) is 6.49. The van der Waals surface area contributed by atoms with E-state index >= 15 is 0 Å². The Kier molecular flexibility index (Phi) is 4.69. The maximum atomic E-state index is 12.0. The molecule has 5 nitrogen and oxygen atoms in total. The van der Waals surface area contributed by atoms with E-state index in [2.05, 4.69) is 31.0 Å². The molecule has 2 aromatic rings. The Balaban J connectivity index is 2.10. The van der Waals surface area contributed by atoms with Gasteiger partial charge in [0, 0.05) is 16.4 Å². The summed E-state index contributed by atoms with van der Waals surface area (Å²) in [6.07, 6.45) is 1.47. The Morgan fingerprint density at radius 1 is 1.33 bits per heavy atom. The van der Waals surface area contributed by atoms with Crippen molar-refractivity contribution in [1.82, 2.24) is 4.98 Å². The van der Waals surface area contributed by atoms with Gasteiger partial charge in [0.25, 0.3) is 5.91 Å². The first-order valence-electron chi connectivity index (χ1n) is 5.73. The van der Waals surface area contributed by atoms with Gasteiger partial charge in [-0.15, -0.1) is 0 Å².